The summed E-state index contributed by atoms with van der Waals surface area (Å²) in [5, 5.41) is 26.4. The number of hydrogen-bond acceptors (Lipinski definition) is 9. The van der Waals surface area contributed by atoms with Gasteiger partial charge in [0, 0.05) is 19.9 Å². The summed E-state index contributed by atoms with van der Waals surface area (Å²) in [5.41, 5.74) is -0.218. The summed E-state index contributed by atoms with van der Waals surface area (Å²) in [4.78, 5) is 52.5. The molecule has 1 fully saturated rings. The predicted octanol–water partition coefficient (Wildman–Crippen LogP) is 0.563. The number of anilines is 1. The molecule has 2 aromatic rings. The second-order valence-electron chi connectivity index (χ2n) is 8.97. The Bertz CT molecular complexity index is 1190. The topological polar surface area (TPSA) is 181 Å². The van der Waals surface area contributed by atoms with Crippen molar-refractivity contribution in [1.82, 2.24) is 20.2 Å². The van der Waals surface area contributed by atoms with Crippen molar-refractivity contribution in [3.8, 4) is 0 Å². The molecular weight excluding hydrogens is 517 g/mol. The fourth-order valence-corrected chi connectivity index (χ4v) is 3.91. The van der Waals surface area contributed by atoms with E-state index in [9.17, 15) is 33.8 Å². The first kappa shape index (κ1) is 29.7. The third-order valence-corrected chi connectivity index (χ3v) is 5.96. The van der Waals surface area contributed by atoms with E-state index in [-0.39, 0.29) is 25.4 Å². The lowest BCUT2D eigenvalue weighted by atomic mass is 10.1. The summed E-state index contributed by atoms with van der Waals surface area (Å²) in [6.07, 6.45) is -2.12. The summed E-state index contributed by atoms with van der Waals surface area (Å²) in [6, 6.07) is 7.74. The van der Waals surface area contributed by atoms with Crippen molar-refractivity contribution in [2.75, 3.05) is 18.5 Å². The molecule has 0 radical (unpaired) electrons. The minimum Gasteiger partial charge on any atom is -0.445 e. The highest BCUT2D eigenvalue weighted by atomic mass is 19.1. The highest BCUT2D eigenvalue weighted by Crippen LogP contribution is 2.27. The van der Waals surface area contributed by atoms with Crippen molar-refractivity contribution in [3.05, 3.63) is 58.4 Å². The van der Waals surface area contributed by atoms with Gasteiger partial charge >= 0.3 is 11.8 Å². The van der Waals surface area contributed by atoms with Crippen molar-refractivity contribution in [2.24, 2.45) is 0 Å². The maximum absolute atomic E-state index is 14.8. The molecule has 212 valence electrons. The van der Waals surface area contributed by atoms with Crippen LogP contribution in [0.15, 0.2) is 41.3 Å². The number of aliphatic hydroxyl groups excluding tert-OH is 2. The number of benzene rings is 1. The van der Waals surface area contributed by atoms with Crippen LogP contribution in [0.5, 0.6) is 0 Å². The average Bonchev–Trinajstić information content (AvgIpc) is 3.29. The highest BCUT2D eigenvalue weighted by molar-refractivity contribution is 5.95. The van der Waals surface area contributed by atoms with Crippen molar-refractivity contribution in [1.29, 1.82) is 0 Å². The van der Waals surface area contributed by atoms with Gasteiger partial charge in [0.2, 0.25) is 11.8 Å². The number of alkyl carbamates (subject to hydrolysis) is 1. The molecule has 1 aromatic heterocycles. The molecule has 13 nitrogen and oxygen atoms in total. The Morgan fingerprint density at radius 3 is 2.67 bits per heavy atom. The van der Waals surface area contributed by atoms with E-state index in [0.29, 0.717) is 19.4 Å². The number of ether oxygens (including phenoxy) is 2. The maximum Gasteiger partial charge on any atom is 0.408 e. The van der Waals surface area contributed by atoms with Crippen molar-refractivity contribution in [3.63, 3.8) is 0 Å². The van der Waals surface area contributed by atoms with E-state index < -0.39 is 60.4 Å². The van der Waals surface area contributed by atoms with Gasteiger partial charge in [0.25, 0.3) is 0 Å². The summed E-state index contributed by atoms with van der Waals surface area (Å²) in [7, 11) is 0. The Kier molecular flexibility index (Phi) is 10.9. The van der Waals surface area contributed by atoms with Gasteiger partial charge in [0.15, 0.2) is 11.6 Å². The van der Waals surface area contributed by atoms with E-state index in [1.165, 1.54) is 6.92 Å². The van der Waals surface area contributed by atoms with Crippen molar-refractivity contribution < 1.29 is 38.5 Å². The minimum absolute atomic E-state index is 0.0347. The standard InChI is InChI=1S/C25H32FN5O8/c1-15(33)27-10-6-5-9-18(28-25(37)38-14-16-7-3-2-4-8-16)23(35)29-22-17(26)12-31(24(36)30-22)21-11-19(34)20(13-32)39-21/h2-4,7-8,12,18-21,32,34H,5-6,9-11,13-14H2,1H3,(H,27,33)(H,28,37)(H,29,30,35,36)/t18?,19?,20-,21-/m1/s1. The third kappa shape index (κ3) is 8.84. The summed E-state index contributed by atoms with van der Waals surface area (Å²) in [5.74, 6) is -2.74. The average molecular weight is 550 g/mol. The number of carbonyl (C=O) groups excluding carboxylic acids is 3. The van der Waals surface area contributed by atoms with Crippen molar-refractivity contribution in [2.45, 2.75) is 63.7 Å². The van der Waals surface area contributed by atoms with Gasteiger partial charge in [0.1, 0.15) is 25.0 Å². The lowest BCUT2D eigenvalue weighted by Crippen LogP contribution is -2.44. The van der Waals surface area contributed by atoms with Gasteiger partial charge in [-0.1, -0.05) is 30.3 Å². The lowest BCUT2D eigenvalue weighted by molar-refractivity contribution is -0.119. The molecule has 0 saturated carbocycles. The van der Waals surface area contributed by atoms with E-state index in [2.05, 4.69) is 20.9 Å². The van der Waals surface area contributed by atoms with E-state index >= 15 is 0 Å². The summed E-state index contributed by atoms with van der Waals surface area (Å²) < 4.78 is 26.2. The zero-order valence-electron chi connectivity index (χ0n) is 21.3. The molecule has 0 bridgehead atoms. The maximum atomic E-state index is 14.8. The van der Waals surface area contributed by atoms with E-state index in [1.807, 2.05) is 6.07 Å². The first-order valence-corrected chi connectivity index (χ1v) is 12.4. The van der Waals surface area contributed by atoms with Gasteiger partial charge < -0.3 is 35.6 Å². The van der Waals surface area contributed by atoms with E-state index in [1.54, 1.807) is 24.3 Å². The predicted molar refractivity (Wildman–Crippen MR) is 135 cm³/mol. The number of nitrogens with zero attached hydrogens (tertiary/aromatic N) is 2. The quantitative estimate of drug-likeness (QED) is 0.236. The molecule has 0 spiro atoms. The van der Waals surface area contributed by atoms with Crippen LogP contribution >= 0.6 is 0 Å². The molecule has 2 heterocycles. The van der Waals surface area contributed by atoms with Crippen LogP contribution < -0.4 is 21.6 Å². The minimum atomic E-state index is -1.16. The number of carbonyl (C=O) groups is 3. The van der Waals surface area contributed by atoms with E-state index in [4.69, 9.17) is 9.47 Å². The first-order chi connectivity index (χ1) is 18.7. The van der Waals surface area contributed by atoms with Crippen LogP contribution in [0.3, 0.4) is 0 Å². The van der Waals surface area contributed by atoms with Gasteiger partial charge in [0.05, 0.1) is 18.9 Å². The molecule has 1 aromatic carbocycles. The van der Waals surface area contributed by atoms with Crippen LogP contribution in [-0.2, 0) is 25.7 Å². The van der Waals surface area contributed by atoms with Gasteiger partial charge in [-0.05, 0) is 24.8 Å². The van der Waals surface area contributed by atoms with Crippen LogP contribution in [0, 0.1) is 5.82 Å². The van der Waals surface area contributed by atoms with Gasteiger partial charge in [-0.2, -0.15) is 4.98 Å². The Balaban J connectivity index is 1.66. The molecule has 1 saturated heterocycles. The SMILES string of the molecule is CC(=O)NCCCCC(NC(=O)OCc1ccccc1)C(=O)Nc1nc(=O)n([C@H]2CC(O)[C@@H](CO)O2)cc1F. The number of nitrogens with one attached hydrogen (secondary N) is 3. The molecule has 5 N–H and O–H groups in total. The zero-order chi connectivity index (χ0) is 28.4. The number of hydrogen-bond donors (Lipinski definition) is 5. The van der Waals surface area contributed by atoms with Crippen molar-refractivity contribution >= 4 is 23.7 Å². The first-order valence-electron chi connectivity index (χ1n) is 12.4. The fourth-order valence-electron chi connectivity index (χ4n) is 3.91. The molecule has 3 amide bonds. The second kappa shape index (κ2) is 14.3. The monoisotopic (exact) mass is 549 g/mol. The molecule has 4 atom stereocenters. The molecule has 3 rings (SSSR count). The van der Waals surface area contributed by atoms with Crippen LogP contribution in [0.1, 0.15) is 44.4 Å². The summed E-state index contributed by atoms with van der Waals surface area (Å²) in [6.45, 7) is 1.23. The number of aliphatic hydroxyl groups is 2. The number of rotatable bonds is 12. The smallest absolute Gasteiger partial charge is 0.408 e. The Morgan fingerprint density at radius 1 is 1.26 bits per heavy atom. The van der Waals surface area contributed by atoms with Crippen LogP contribution in [0.25, 0.3) is 0 Å². The Morgan fingerprint density at radius 2 is 2.00 bits per heavy atom. The van der Waals surface area contributed by atoms with Crippen LogP contribution in [0.4, 0.5) is 15.0 Å². The van der Waals surface area contributed by atoms with Gasteiger partial charge in [-0.3, -0.25) is 14.2 Å². The molecule has 2 unspecified atom stereocenters. The largest absolute Gasteiger partial charge is 0.445 e. The highest BCUT2D eigenvalue weighted by Gasteiger charge is 2.35. The second-order valence-corrected chi connectivity index (χ2v) is 8.97. The molecular formula is C25H32FN5O8. The number of aromatic nitrogens is 2. The molecule has 1 aliphatic rings. The van der Waals surface area contributed by atoms with Gasteiger partial charge in [-0.25, -0.2) is 14.0 Å². The number of unbranched alkanes of at least 4 members (excludes halogenated alkanes) is 1. The lowest BCUT2D eigenvalue weighted by Gasteiger charge is -2.19. The summed E-state index contributed by atoms with van der Waals surface area (Å²) >= 11 is 0. The Hall–Kier alpha value is -3.88. The fraction of sp³-hybridized carbons (Fsp3) is 0.480. The molecule has 0 aliphatic carbocycles. The van der Waals surface area contributed by atoms with Crippen LogP contribution in [-0.4, -0.2) is 69.1 Å². The Labute approximate surface area is 223 Å². The molecule has 1 aliphatic heterocycles. The normalized spacial score (nSPS) is 19.2. The van der Waals surface area contributed by atoms with Crippen LogP contribution in [0.2, 0.25) is 0 Å². The number of halogens is 1. The molecule has 14 heteroatoms. The third-order valence-electron chi connectivity index (χ3n) is 5.96. The number of amides is 3. The van der Waals surface area contributed by atoms with Gasteiger partial charge in [-0.15, -0.1) is 0 Å². The molecule has 39 heavy (non-hydrogen) atoms. The van der Waals surface area contributed by atoms with E-state index in [0.717, 1.165) is 16.3 Å². The zero-order valence-corrected chi connectivity index (χ0v) is 21.3.